The highest BCUT2D eigenvalue weighted by Crippen LogP contribution is 2.19. The van der Waals surface area contributed by atoms with Gasteiger partial charge in [-0.25, -0.2) is 4.98 Å². The van der Waals surface area contributed by atoms with E-state index >= 15 is 0 Å². The van der Waals surface area contributed by atoms with Crippen molar-refractivity contribution >= 4 is 26.7 Å². The lowest BCUT2D eigenvalue weighted by Gasteiger charge is -2.11. The summed E-state index contributed by atoms with van der Waals surface area (Å²) in [6, 6.07) is 14.3. The molecule has 0 aliphatic heterocycles. The van der Waals surface area contributed by atoms with Gasteiger partial charge in [0.15, 0.2) is 0 Å². The lowest BCUT2D eigenvalue weighted by molar-refractivity contribution is 0.698. The Bertz CT molecular complexity index is 834. The molecule has 2 aromatic carbocycles. The van der Waals surface area contributed by atoms with Crippen molar-refractivity contribution in [2.75, 3.05) is 0 Å². The Labute approximate surface area is 125 Å². The summed E-state index contributed by atoms with van der Waals surface area (Å²) in [6.45, 7) is 2.37. The van der Waals surface area contributed by atoms with Gasteiger partial charge < -0.3 is 0 Å². The molecule has 0 aliphatic carbocycles. The standard InChI is InChI=1S/C16H13BrN2O/c1-11-18-9-15(17)16(20)19(11)10-13-7-4-6-12-5-2-3-8-14(12)13/h2-9H,10H2,1H3. The zero-order valence-electron chi connectivity index (χ0n) is 11.0. The maximum Gasteiger partial charge on any atom is 0.268 e. The molecule has 3 nitrogen and oxygen atoms in total. The Morgan fingerprint density at radius 1 is 1.15 bits per heavy atom. The molecule has 1 aromatic heterocycles. The van der Waals surface area contributed by atoms with Crippen LogP contribution in [0.2, 0.25) is 0 Å². The van der Waals surface area contributed by atoms with Crippen molar-refractivity contribution in [2.45, 2.75) is 13.5 Å². The van der Waals surface area contributed by atoms with E-state index in [1.807, 2.05) is 25.1 Å². The van der Waals surface area contributed by atoms with E-state index in [1.54, 1.807) is 10.8 Å². The Morgan fingerprint density at radius 3 is 2.75 bits per heavy atom. The minimum absolute atomic E-state index is 0.0505. The predicted molar refractivity (Wildman–Crippen MR) is 84.0 cm³/mol. The summed E-state index contributed by atoms with van der Waals surface area (Å²) < 4.78 is 2.18. The van der Waals surface area contributed by atoms with E-state index in [1.165, 1.54) is 10.8 Å². The molecule has 4 heteroatoms. The minimum atomic E-state index is -0.0505. The van der Waals surface area contributed by atoms with Gasteiger partial charge in [0.2, 0.25) is 0 Å². The maximum absolute atomic E-state index is 12.2. The summed E-state index contributed by atoms with van der Waals surface area (Å²) in [6.07, 6.45) is 1.55. The van der Waals surface area contributed by atoms with Gasteiger partial charge in [0.1, 0.15) is 10.3 Å². The number of rotatable bonds is 2. The SMILES string of the molecule is Cc1ncc(Br)c(=O)n1Cc1cccc2ccccc12. The van der Waals surface area contributed by atoms with Crippen molar-refractivity contribution in [3.63, 3.8) is 0 Å². The first-order valence-electron chi connectivity index (χ1n) is 6.35. The predicted octanol–water partition coefficient (Wildman–Crippen LogP) is 3.52. The first-order chi connectivity index (χ1) is 9.66. The summed E-state index contributed by atoms with van der Waals surface area (Å²) in [4.78, 5) is 16.4. The van der Waals surface area contributed by atoms with E-state index < -0.39 is 0 Å². The molecule has 1 heterocycles. The average molecular weight is 329 g/mol. The molecule has 0 aliphatic rings. The summed E-state index contributed by atoms with van der Waals surface area (Å²) in [5.74, 6) is 0.714. The van der Waals surface area contributed by atoms with Gasteiger partial charge in [0.05, 0.1) is 6.54 Å². The fourth-order valence-corrected chi connectivity index (χ4v) is 2.65. The highest BCUT2D eigenvalue weighted by molar-refractivity contribution is 9.10. The second-order valence-corrected chi connectivity index (χ2v) is 5.54. The number of benzene rings is 2. The van der Waals surface area contributed by atoms with Crippen molar-refractivity contribution in [3.05, 3.63) is 74.9 Å². The van der Waals surface area contributed by atoms with Crippen LogP contribution in [0.25, 0.3) is 10.8 Å². The van der Waals surface area contributed by atoms with Crippen molar-refractivity contribution < 1.29 is 0 Å². The molecule has 0 unspecified atom stereocenters. The van der Waals surface area contributed by atoms with Crippen LogP contribution in [0.1, 0.15) is 11.4 Å². The molecule has 0 spiro atoms. The van der Waals surface area contributed by atoms with Crippen molar-refractivity contribution in [1.82, 2.24) is 9.55 Å². The van der Waals surface area contributed by atoms with E-state index in [0.717, 1.165) is 5.56 Å². The third kappa shape index (κ3) is 2.27. The Morgan fingerprint density at radius 2 is 1.90 bits per heavy atom. The first kappa shape index (κ1) is 13.1. The molecule has 20 heavy (non-hydrogen) atoms. The van der Waals surface area contributed by atoms with E-state index in [-0.39, 0.29) is 5.56 Å². The highest BCUT2D eigenvalue weighted by atomic mass is 79.9. The van der Waals surface area contributed by atoms with Gasteiger partial charge in [0.25, 0.3) is 5.56 Å². The Balaban J connectivity index is 2.15. The molecular formula is C16H13BrN2O. The first-order valence-corrected chi connectivity index (χ1v) is 7.14. The van der Waals surface area contributed by atoms with Crippen molar-refractivity contribution in [2.24, 2.45) is 0 Å². The molecule has 0 saturated heterocycles. The molecule has 0 radical (unpaired) electrons. The number of hydrogen-bond acceptors (Lipinski definition) is 2. The third-order valence-electron chi connectivity index (χ3n) is 3.41. The number of hydrogen-bond donors (Lipinski definition) is 0. The maximum atomic E-state index is 12.2. The fraction of sp³-hybridized carbons (Fsp3) is 0.125. The summed E-state index contributed by atoms with van der Waals surface area (Å²) in [5.41, 5.74) is 1.07. The topological polar surface area (TPSA) is 34.9 Å². The quantitative estimate of drug-likeness (QED) is 0.721. The summed E-state index contributed by atoms with van der Waals surface area (Å²) in [5, 5.41) is 2.35. The second-order valence-electron chi connectivity index (χ2n) is 4.68. The van der Waals surface area contributed by atoms with Crippen molar-refractivity contribution in [1.29, 1.82) is 0 Å². The molecule has 0 fully saturated rings. The van der Waals surface area contributed by atoms with Crippen LogP contribution in [0.5, 0.6) is 0 Å². The molecular weight excluding hydrogens is 316 g/mol. The molecule has 3 aromatic rings. The largest absolute Gasteiger partial charge is 0.291 e. The minimum Gasteiger partial charge on any atom is -0.291 e. The second kappa shape index (κ2) is 5.21. The molecule has 3 rings (SSSR count). The molecule has 0 atom stereocenters. The smallest absolute Gasteiger partial charge is 0.268 e. The van der Waals surface area contributed by atoms with Gasteiger partial charge >= 0.3 is 0 Å². The van der Waals surface area contributed by atoms with E-state index in [9.17, 15) is 4.79 Å². The summed E-state index contributed by atoms with van der Waals surface area (Å²) >= 11 is 3.25. The zero-order valence-corrected chi connectivity index (χ0v) is 12.6. The van der Waals surface area contributed by atoms with Crippen LogP contribution < -0.4 is 5.56 Å². The van der Waals surface area contributed by atoms with Gasteiger partial charge in [-0.1, -0.05) is 42.5 Å². The normalized spacial score (nSPS) is 10.9. The van der Waals surface area contributed by atoms with E-state index in [2.05, 4.69) is 45.2 Å². The van der Waals surface area contributed by atoms with Crippen molar-refractivity contribution in [3.8, 4) is 0 Å². The molecule has 0 N–H and O–H groups in total. The van der Waals surface area contributed by atoms with Crippen LogP contribution in [0.3, 0.4) is 0 Å². The van der Waals surface area contributed by atoms with Crippen LogP contribution in [0.15, 0.2) is 57.9 Å². The van der Waals surface area contributed by atoms with Gasteiger partial charge in [-0.05, 0) is 39.2 Å². The van der Waals surface area contributed by atoms with Gasteiger partial charge in [-0.2, -0.15) is 0 Å². The van der Waals surface area contributed by atoms with Gasteiger partial charge in [-0.15, -0.1) is 0 Å². The zero-order chi connectivity index (χ0) is 14.1. The number of halogens is 1. The molecule has 0 saturated carbocycles. The third-order valence-corrected chi connectivity index (χ3v) is 3.96. The van der Waals surface area contributed by atoms with E-state index in [0.29, 0.717) is 16.8 Å². The number of nitrogens with zero attached hydrogens (tertiary/aromatic N) is 2. The Kier molecular flexibility index (Phi) is 3.40. The monoisotopic (exact) mass is 328 g/mol. The lowest BCUT2D eigenvalue weighted by atomic mass is 10.0. The Hall–Kier alpha value is -1.94. The van der Waals surface area contributed by atoms with Crippen LogP contribution in [-0.2, 0) is 6.54 Å². The van der Waals surface area contributed by atoms with Crippen LogP contribution in [-0.4, -0.2) is 9.55 Å². The number of aryl methyl sites for hydroxylation is 1. The highest BCUT2D eigenvalue weighted by Gasteiger charge is 2.08. The molecule has 0 amide bonds. The number of aromatic nitrogens is 2. The lowest BCUT2D eigenvalue weighted by Crippen LogP contribution is -2.24. The molecule has 100 valence electrons. The summed E-state index contributed by atoms with van der Waals surface area (Å²) in [7, 11) is 0. The number of fused-ring (bicyclic) bond motifs is 1. The fourth-order valence-electron chi connectivity index (χ4n) is 2.34. The van der Waals surface area contributed by atoms with Crippen LogP contribution in [0, 0.1) is 6.92 Å². The average Bonchev–Trinajstić information content (AvgIpc) is 2.48. The van der Waals surface area contributed by atoms with Gasteiger partial charge in [-0.3, -0.25) is 9.36 Å². The van der Waals surface area contributed by atoms with Crippen LogP contribution in [0.4, 0.5) is 0 Å². The molecule has 0 bridgehead atoms. The van der Waals surface area contributed by atoms with E-state index in [4.69, 9.17) is 0 Å². The van der Waals surface area contributed by atoms with Crippen LogP contribution >= 0.6 is 15.9 Å². The van der Waals surface area contributed by atoms with Gasteiger partial charge in [0, 0.05) is 6.20 Å².